The fourth-order valence-corrected chi connectivity index (χ4v) is 2.81. The van der Waals surface area contributed by atoms with E-state index in [0.717, 1.165) is 28.3 Å². The number of nitrogens with one attached hydrogen (secondary N) is 2. The first-order valence-electron chi connectivity index (χ1n) is 9.17. The predicted molar refractivity (Wildman–Crippen MR) is 113 cm³/mol. The zero-order valence-corrected chi connectivity index (χ0v) is 15.6. The van der Waals surface area contributed by atoms with Crippen LogP contribution in [0.5, 0.6) is 0 Å². The molecule has 4 aromatic rings. The highest BCUT2D eigenvalue weighted by Gasteiger charge is 2.07. The Hall–Kier alpha value is -3.73. The molecular formula is C23H21N5. The molecule has 0 spiro atoms. The molecule has 0 bridgehead atoms. The van der Waals surface area contributed by atoms with Crippen LogP contribution in [0.25, 0.3) is 11.3 Å². The average molecular weight is 367 g/mol. The molecule has 2 aromatic heterocycles. The molecule has 0 fully saturated rings. The summed E-state index contributed by atoms with van der Waals surface area (Å²) in [6, 6.07) is 24.2. The third-order valence-electron chi connectivity index (χ3n) is 4.33. The quantitative estimate of drug-likeness (QED) is 0.490. The van der Waals surface area contributed by atoms with Crippen LogP contribution >= 0.6 is 0 Å². The van der Waals surface area contributed by atoms with Crippen LogP contribution in [0.15, 0.2) is 85.2 Å². The van der Waals surface area contributed by atoms with Gasteiger partial charge in [-0.05, 0) is 36.8 Å². The van der Waals surface area contributed by atoms with Crippen molar-refractivity contribution in [1.29, 1.82) is 0 Å². The van der Waals surface area contributed by atoms with Crippen LogP contribution in [0.1, 0.15) is 11.1 Å². The first-order chi connectivity index (χ1) is 13.8. The van der Waals surface area contributed by atoms with Crippen molar-refractivity contribution >= 4 is 17.5 Å². The second kappa shape index (κ2) is 8.31. The summed E-state index contributed by atoms with van der Waals surface area (Å²) in [6.07, 6.45) is 3.58. The third kappa shape index (κ3) is 4.51. The van der Waals surface area contributed by atoms with Gasteiger partial charge in [0.2, 0.25) is 5.95 Å². The third-order valence-corrected chi connectivity index (χ3v) is 4.33. The van der Waals surface area contributed by atoms with Gasteiger partial charge < -0.3 is 10.6 Å². The summed E-state index contributed by atoms with van der Waals surface area (Å²) in [5, 5.41) is 6.70. The summed E-state index contributed by atoms with van der Waals surface area (Å²) in [4.78, 5) is 13.4. The molecule has 0 amide bonds. The average Bonchev–Trinajstić information content (AvgIpc) is 2.75. The van der Waals surface area contributed by atoms with E-state index in [1.165, 1.54) is 5.56 Å². The number of benzene rings is 2. The molecular weight excluding hydrogens is 346 g/mol. The monoisotopic (exact) mass is 367 g/mol. The van der Waals surface area contributed by atoms with Crippen LogP contribution in [-0.4, -0.2) is 15.0 Å². The highest BCUT2D eigenvalue weighted by atomic mass is 15.1. The minimum atomic E-state index is 0.558. The van der Waals surface area contributed by atoms with E-state index in [1.54, 1.807) is 12.4 Å². The zero-order chi connectivity index (χ0) is 19.2. The molecule has 0 aliphatic rings. The maximum atomic E-state index is 4.70. The second-order valence-corrected chi connectivity index (χ2v) is 6.53. The van der Waals surface area contributed by atoms with Gasteiger partial charge in [0.25, 0.3) is 0 Å². The summed E-state index contributed by atoms with van der Waals surface area (Å²) in [6.45, 7) is 2.73. The van der Waals surface area contributed by atoms with E-state index in [0.29, 0.717) is 12.5 Å². The second-order valence-electron chi connectivity index (χ2n) is 6.53. The Labute approximate surface area is 164 Å². The molecule has 138 valence electrons. The number of hydrogen-bond donors (Lipinski definition) is 2. The first-order valence-corrected chi connectivity index (χ1v) is 9.17. The Morgan fingerprint density at radius 3 is 2.32 bits per heavy atom. The lowest BCUT2D eigenvalue weighted by Gasteiger charge is -2.12. The van der Waals surface area contributed by atoms with Gasteiger partial charge in [-0.3, -0.25) is 4.98 Å². The maximum absolute atomic E-state index is 4.70. The fourth-order valence-electron chi connectivity index (χ4n) is 2.81. The largest absolute Gasteiger partial charge is 0.366 e. The van der Waals surface area contributed by atoms with Crippen molar-refractivity contribution in [3.63, 3.8) is 0 Å². The van der Waals surface area contributed by atoms with E-state index >= 15 is 0 Å². The molecule has 28 heavy (non-hydrogen) atoms. The van der Waals surface area contributed by atoms with E-state index in [-0.39, 0.29) is 0 Å². The lowest BCUT2D eigenvalue weighted by atomic mass is 10.1. The van der Waals surface area contributed by atoms with E-state index in [1.807, 2.05) is 60.7 Å². The van der Waals surface area contributed by atoms with Crippen molar-refractivity contribution in [2.75, 3.05) is 10.6 Å². The Bertz CT molecular complexity index is 1030. The normalized spacial score (nSPS) is 10.5. The number of anilines is 3. The summed E-state index contributed by atoms with van der Waals surface area (Å²) in [7, 11) is 0. The van der Waals surface area contributed by atoms with Crippen LogP contribution in [0.3, 0.4) is 0 Å². The molecule has 0 saturated carbocycles. The number of hydrogen-bond acceptors (Lipinski definition) is 5. The molecule has 2 N–H and O–H groups in total. The summed E-state index contributed by atoms with van der Waals surface area (Å²) >= 11 is 0. The Kier molecular flexibility index (Phi) is 5.24. The Morgan fingerprint density at radius 2 is 1.57 bits per heavy atom. The van der Waals surface area contributed by atoms with Crippen molar-refractivity contribution in [2.24, 2.45) is 0 Å². The highest BCUT2D eigenvalue weighted by Crippen LogP contribution is 2.23. The smallest absolute Gasteiger partial charge is 0.229 e. The molecule has 4 rings (SSSR count). The van der Waals surface area contributed by atoms with Gasteiger partial charge >= 0.3 is 0 Å². The molecule has 0 unspecified atom stereocenters. The number of aromatic nitrogens is 3. The molecule has 5 nitrogen and oxygen atoms in total. The van der Waals surface area contributed by atoms with E-state index < -0.39 is 0 Å². The van der Waals surface area contributed by atoms with E-state index in [9.17, 15) is 0 Å². The van der Waals surface area contributed by atoms with Crippen molar-refractivity contribution in [3.05, 3.63) is 96.3 Å². The molecule has 0 radical (unpaired) electrons. The minimum Gasteiger partial charge on any atom is -0.366 e. The minimum absolute atomic E-state index is 0.558. The van der Waals surface area contributed by atoms with Gasteiger partial charge in [0.05, 0.1) is 5.69 Å². The number of aryl methyl sites for hydroxylation is 1. The Morgan fingerprint density at radius 1 is 0.821 bits per heavy atom. The van der Waals surface area contributed by atoms with Crippen LogP contribution in [0.2, 0.25) is 0 Å². The number of nitrogens with zero attached hydrogens (tertiary/aromatic N) is 3. The SMILES string of the molecule is Cc1ccc(Nc2nc(NCc3ccncc3)cc(-c3ccccc3)n2)cc1. The topological polar surface area (TPSA) is 62.7 Å². The summed E-state index contributed by atoms with van der Waals surface area (Å²) in [5.41, 5.74) is 5.22. The van der Waals surface area contributed by atoms with E-state index in [2.05, 4.69) is 39.7 Å². The molecule has 0 saturated heterocycles. The summed E-state index contributed by atoms with van der Waals surface area (Å²) < 4.78 is 0. The molecule has 5 heteroatoms. The van der Waals surface area contributed by atoms with E-state index in [4.69, 9.17) is 4.98 Å². The van der Waals surface area contributed by atoms with Gasteiger partial charge in [0.1, 0.15) is 5.82 Å². The first kappa shape index (κ1) is 17.7. The van der Waals surface area contributed by atoms with Crippen LogP contribution in [-0.2, 0) is 6.54 Å². The van der Waals surface area contributed by atoms with Crippen LogP contribution in [0, 0.1) is 6.92 Å². The van der Waals surface area contributed by atoms with Crippen molar-refractivity contribution in [3.8, 4) is 11.3 Å². The lowest BCUT2D eigenvalue weighted by molar-refractivity contribution is 1.08. The molecule has 2 aromatic carbocycles. The summed E-state index contributed by atoms with van der Waals surface area (Å²) in [5.74, 6) is 1.32. The van der Waals surface area contributed by atoms with Gasteiger partial charge in [0, 0.05) is 36.3 Å². The maximum Gasteiger partial charge on any atom is 0.229 e. The predicted octanol–water partition coefficient (Wildman–Crippen LogP) is 5.20. The van der Waals surface area contributed by atoms with Crippen molar-refractivity contribution in [2.45, 2.75) is 13.5 Å². The molecule has 0 atom stereocenters. The molecule has 0 aliphatic heterocycles. The van der Waals surface area contributed by atoms with Crippen LogP contribution in [0.4, 0.5) is 17.5 Å². The van der Waals surface area contributed by atoms with Crippen molar-refractivity contribution in [1.82, 2.24) is 15.0 Å². The fraction of sp³-hybridized carbons (Fsp3) is 0.0870. The standard InChI is InChI=1S/C23H21N5/c1-17-7-9-20(10-8-17)26-23-27-21(19-5-3-2-4-6-19)15-22(28-23)25-16-18-11-13-24-14-12-18/h2-15H,16H2,1H3,(H2,25,26,27,28). The molecule has 2 heterocycles. The highest BCUT2D eigenvalue weighted by molar-refractivity contribution is 5.66. The van der Waals surface area contributed by atoms with Crippen molar-refractivity contribution < 1.29 is 0 Å². The molecule has 0 aliphatic carbocycles. The van der Waals surface area contributed by atoms with Gasteiger partial charge in [-0.1, -0.05) is 48.0 Å². The van der Waals surface area contributed by atoms with Gasteiger partial charge in [-0.15, -0.1) is 0 Å². The van der Waals surface area contributed by atoms with Gasteiger partial charge in [-0.2, -0.15) is 4.98 Å². The number of pyridine rings is 1. The van der Waals surface area contributed by atoms with Crippen LogP contribution < -0.4 is 10.6 Å². The lowest BCUT2D eigenvalue weighted by Crippen LogP contribution is -2.05. The zero-order valence-electron chi connectivity index (χ0n) is 15.6. The Balaban J connectivity index is 1.63. The van der Waals surface area contributed by atoms with Gasteiger partial charge in [0.15, 0.2) is 0 Å². The van der Waals surface area contributed by atoms with Gasteiger partial charge in [-0.25, -0.2) is 4.98 Å². The number of rotatable bonds is 6.